The van der Waals surface area contributed by atoms with Crippen LogP contribution in [0.1, 0.15) is 36.9 Å². The van der Waals surface area contributed by atoms with Crippen LogP contribution in [0.15, 0.2) is 52.3 Å². The Morgan fingerprint density at radius 1 is 1.13 bits per heavy atom. The molecule has 31 heavy (non-hydrogen) atoms. The van der Waals surface area contributed by atoms with Gasteiger partial charge in [0.05, 0.1) is 5.75 Å². The molecule has 0 spiro atoms. The van der Waals surface area contributed by atoms with Crippen LogP contribution in [0.5, 0.6) is 0 Å². The summed E-state index contributed by atoms with van der Waals surface area (Å²) in [5, 5.41) is 2.82. The average molecular weight is 445 g/mol. The largest absolute Gasteiger partial charge is 0.340 e. The molecule has 0 bridgehead atoms. The summed E-state index contributed by atoms with van der Waals surface area (Å²) in [4.78, 5) is 27.7. The number of amides is 2. The standard InChI is InChI=1S/C22H28N4O4S/c1-16-8-13-20(25-31(29,30)15-18-6-4-3-5-7-18)21(27)26(16)14-17-9-11-19(12-10-17)24-22(28)23-2/h3-8,13,17,19,25H,2,9-12,14-15H2,1H3,(H,24,28). The zero-order valence-electron chi connectivity index (χ0n) is 17.6. The van der Waals surface area contributed by atoms with Gasteiger partial charge in [-0.3, -0.25) is 9.52 Å². The first-order valence-electron chi connectivity index (χ1n) is 10.3. The van der Waals surface area contributed by atoms with Gasteiger partial charge in [0, 0.05) is 18.3 Å². The minimum atomic E-state index is -3.71. The minimum Gasteiger partial charge on any atom is -0.334 e. The topological polar surface area (TPSA) is 110 Å². The normalized spacial score (nSPS) is 18.9. The summed E-state index contributed by atoms with van der Waals surface area (Å²) < 4.78 is 29.2. The summed E-state index contributed by atoms with van der Waals surface area (Å²) in [6.45, 7) is 5.58. The van der Waals surface area contributed by atoms with Crippen molar-refractivity contribution in [2.75, 3.05) is 4.72 Å². The van der Waals surface area contributed by atoms with Gasteiger partial charge in [-0.1, -0.05) is 30.3 Å². The Morgan fingerprint density at radius 3 is 2.45 bits per heavy atom. The maximum atomic E-state index is 13.0. The maximum Gasteiger partial charge on any atom is 0.340 e. The van der Waals surface area contributed by atoms with Gasteiger partial charge in [0.2, 0.25) is 10.0 Å². The molecule has 1 fully saturated rings. The number of carbonyl (C=O) groups excluding carboxylic acids is 1. The van der Waals surface area contributed by atoms with Crippen LogP contribution in [0.3, 0.4) is 0 Å². The smallest absolute Gasteiger partial charge is 0.334 e. The molecule has 1 aromatic heterocycles. The summed E-state index contributed by atoms with van der Waals surface area (Å²) in [5.41, 5.74) is 1.14. The summed E-state index contributed by atoms with van der Waals surface area (Å²) in [6.07, 6.45) is 3.34. The van der Waals surface area contributed by atoms with Crippen molar-refractivity contribution in [1.82, 2.24) is 9.88 Å². The van der Waals surface area contributed by atoms with Gasteiger partial charge < -0.3 is 9.88 Å². The fourth-order valence-corrected chi connectivity index (χ4v) is 5.13. The fourth-order valence-electron chi connectivity index (χ4n) is 3.94. The highest BCUT2D eigenvalue weighted by molar-refractivity contribution is 7.91. The van der Waals surface area contributed by atoms with Gasteiger partial charge in [0.25, 0.3) is 5.56 Å². The predicted molar refractivity (Wildman–Crippen MR) is 122 cm³/mol. The van der Waals surface area contributed by atoms with Crippen molar-refractivity contribution in [2.24, 2.45) is 10.9 Å². The van der Waals surface area contributed by atoms with Crippen LogP contribution in [0.25, 0.3) is 0 Å². The van der Waals surface area contributed by atoms with Crippen LogP contribution >= 0.6 is 0 Å². The van der Waals surface area contributed by atoms with Crippen LogP contribution in [0, 0.1) is 12.8 Å². The molecule has 1 aromatic carbocycles. The molecule has 0 unspecified atom stereocenters. The van der Waals surface area contributed by atoms with Crippen molar-refractivity contribution < 1.29 is 13.2 Å². The average Bonchev–Trinajstić information content (AvgIpc) is 2.74. The molecule has 1 heterocycles. The number of anilines is 1. The van der Waals surface area contributed by atoms with Crippen molar-refractivity contribution in [3.8, 4) is 0 Å². The Bertz CT molecular complexity index is 1090. The number of aromatic nitrogens is 1. The molecular formula is C22H28N4O4S. The third kappa shape index (κ3) is 6.27. The first kappa shape index (κ1) is 22.7. The zero-order valence-corrected chi connectivity index (χ0v) is 18.4. The Labute approximate surface area is 182 Å². The molecule has 0 radical (unpaired) electrons. The van der Waals surface area contributed by atoms with Crippen molar-refractivity contribution in [2.45, 2.75) is 50.9 Å². The lowest BCUT2D eigenvalue weighted by molar-refractivity contribution is 0.231. The molecule has 1 aliphatic carbocycles. The lowest BCUT2D eigenvalue weighted by Gasteiger charge is -2.29. The first-order chi connectivity index (χ1) is 14.8. The van der Waals surface area contributed by atoms with E-state index in [-0.39, 0.29) is 29.0 Å². The van der Waals surface area contributed by atoms with Crippen LogP contribution in [0.2, 0.25) is 0 Å². The van der Waals surface area contributed by atoms with E-state index in [4.69, 9.17) is 0 Å². The van der Waals surface area contributed by atoms with Crippen LogP contribution in [0.4, 0.5) is 10.5 Å². The zero-order chi connectivity index (χ0) is 22.4. The molecule has 8 nitrogen and oxygen atoms in total. The van der Waals surface area contributed by atoms with E-state index < -0.39 is 16.1 Å². The second kappa shape index (κ2) is 9.91. The summed E-state index contributed by atoms with van der Waals surface area (Å²) in [7, 11) is -3.71. The molecule has 2 aromatic rings. The number of rotatable bonds is 7. The van der Waals surface area contributed by atoms with E-state index in [9.17, 15) is 18.0 Å². The van der Waals surface area contributed by atoms with E-state index in [1.54, 1.807) is 34.9 Å². The Balaban J connectivity index is 1.68. The maximum absolute atomic E-state index is 13.0. The van der Waals surface area contributed by atoms with Crippen molar-refractivity contribution in [3.63, 3.8) is 0 Å². The fraction of sp³-hybridized carbons (Fsp3) is 0.409. The number of carbonyl (C=O) groups is 1. The van der Waals surface area contributed by atoms with E-state index >= 15 is 0 Å². The first-order valence-corrected chi connectivity index (χ1v) is 11.9. The lowest BCUT2D eigenvalue weighted by Crippen LogP contribution is -2.37. The highest BCUT2D eigenvalue weighted by Crippen LogP contribution is 2.26. The predicted octanol–water partition coefficient (Wildman–Crippen LogP) is 3.07. The Kier molecular flexibility index (Phi) is 7.27. The van der Waals surface area contributed by atoms with Crippen molar-refractivity contribution >= 4 is 28.5 Å². The number of aliphatic imine (C=N–C) groups is 1. The summed E-state index contributed by atoms with van der Waals surface area (Å²) in [6, 6.07) is 11.8. The van der Waals surface area contributed by atoms with E-state index in [0.717, 1.165) is 31.4 Å². The van der Waals surface area contributed by atoms with Crippen LogP contribution in [-0.4, -0.2) is 31.8 Å². The SMILES string of the molecule is C=NC(=O)NC1CCC(Cn2c(C)ccc(NS(=O)(=O)Cc3ccccc3)c2=O)CC1. The number of hydrogen-bond donors (Lipinski definition) is 2. The number of nitrogens with one attached hydrogen (secondary N) is 2. The van der Waals surface area contributed by atoms with Gasteiger partial charge in [-0.2, -0.15) is 0 Å². The van der Waals surface area contributed by atoms with Gasteiger partial charge in [0.1, 0.15) is 5.69 Å². The molecule has 0 saturated heterocycles. The molecule has 0 atom stereocenters. The van der Waals surface area contributed by atoms with Gasteiger partial charge in [-0.15, -0.1) is 0 Å². The summed E-state index contributed by atoms with van der Waals surface area (Å²) in [5.74, 6) is 0.0774. The quantitative estimate of drug-likeness (QED) is 0.640. The molecular weight excluding hydrogens is 416 g/mol. The second-order valence-corrected chi connectivity index (χ2v) is 9.70. The summed E-state index contributed by atoms with van der Waals surface area (Å²) >= 11 is 0. The molecule has 2 amide bonds. The highest BCUT2D eigenvalue weighted by atomic mass is 32.2. The van der Waals surface area contributed by atoms with Gasteiger partial charge in [-0.25, -0.2) is 18.2 Å². The third-order valence-corrected chi connectivity index (χ3v) is 6.86. The Morgan fingerprint density at radius 2 is 1.81 bits per heavy atom. The number of pyridine rings is 1. The van der Waals surface area contributed by atoms with E-state index in [0.29, 0.717) is 12.1 Å². The van der Waals surface area contributed by atoms with Crippen molar-refractivity contribution in [1.29, 1.82) is 0 Å². The second-order valence-electron chi connectivity index (χ2n) is 7.98. The lowest BCUT2D eigenvalue weighted by atomic mass is 9.86. The van der Waals surface area contributed by atoms with E-state index in [2.05, 4.69) is 21.7 Å². The van der Waals surface area contributed by atoms with Crippen molar-refractivity contribution in [3.05, 3.63) is 64.1 Å². The number of benzene rings is 1. The van der Waals surface area contributed by atoms with Crippen LogP contribution in [-0.2, 0) is 22.3 Å². The minimum absolute atomic E-state index is 0.0551. The molecule has 1 aliphatic rings. The number of aryl methyl sites for hydroxylation is 1. The molecule has 0 aliphatic heterocycles. The van der Waals surface area contributed by atoms with E-state index in [1.807, 2.05) is 13.0 Å². The molecule has 166 valence electrons. The van der Waals surface area contributed by atoms with E-state index in [1.165, 1.54) is 6.07 Å². The molecule has 1 saturated carbocycles. The molecule has 2 N–H and O–H groups in total. The van der Waals surface area contributed by atoms with Gasteiger partial charge >= 0.3 is 6.03 Å². The third-order valence-electron chi connectivity index (χ3n) is 5.62. The Hall–Kier alpha value is -2.94. The number of sulfonamides is 1. The molecule has 3 rings (SSSR count). The monoisotopic (exact) mass is 444 g/mol. The van der Waals surface area contributed by atoms with Gasteiger partial charge in [-0.05, 0) is 62.9 Å². The molecule has 9 heteroatoms. The van der Waals surface area contributed by atoms with Crippen LogP contribution < -0.4 is 15.6 Å². The number of hydrogen-bond acceptors (Lipinski definition) is 4. The number of nitrogens with zero attached hydrogens (tertiary/aromatic N) is 2. The number of urea groups is 1. The van der Waals surface area contributed by atoms with Gasteiger partial charge in [0.15, 0.2) is 0 Å². The highest BCUT2D eigenvalue weighted by Gasteiger charge is 2.24.